The fraction of sp³-hybridized carbons (Fsp3) is 0.400. The van der Waals surface area contributed by atoms with Crippen molar-refractivity contribution in [3.63, 3.8) is 0 Å². The Hall–Kier alpha value is -3.39. The van der Waals surface area contributed by atoms with Crippen LogP contribution >= 0.6 is 0 Å². The van der Waals surface area contributed by atoms with E-state index < -0.39 is 36.5 Å². The van der Waals surface area contributed by atoms with Gasteiger partial charge in [0.15, 0.2) is 0 Å². The highest BCUT2D eigenvalue weighted by atomic mass is 16.5. The highest BCUT2D eigenvalue weighted by Crippen LogP contribution is 2.44. The van der Waals surface area contributed by atoms with Gasteiger partial charge in [0.1, 0.15) is 12.6 Å². The fourth-order valence-electron chi connectivity index (χ4n) is 4.62. The molecule has 0 aliphatic heterocycles. The molecule has 0 bridgehead atoms. The van der Waals surface area contributed by atoms with Crippen LogP contribution in [0, 0.1) is 11.8 Å². The SMILES string of the molecule is O=C(NCC(C(=O)NC(CO)C(=O)O)C1CCC1)OCC1c2ccccc2-c2ccccc21. The van der Waals surface area contributed by atoms with Crippen molar-refractivity contribution in [3.8, 4) is 11.1 Å². The van der Waals surface area contributed by atoms with Crippen LogP contribution in [0.4, 0.5) is 4.79 Å². The van der Waals surface area contributed by atoms with Gasteiger partial charge >= 0.3 is 12.1 Å². The van der Waals surface area contributed by atoms with Gasteiger partial charge in [-0.15, -0.1) is 0 Å². The molecule has 2 unspecified atom stereocenters. The van der Waals surface area contributed by atoms with E-state index in [0.29, 0.717) is 0 Å². The van der Waals surface area contributed by atoms with Gasteiger partial charge in [-0.3, -0.25) is 4.79 Å². The molecule has 2 aliphatic carbocycles. The molecule has 8 heteroatoms. The molecule has 4 rings (SSSR count). The zero-order valence-corrected chi connectivity index (χ0v) is 18.2. The van der Waals surface area contributed by atoms with Gasteiger partial charge in [0.25, 0.3) is 0 Å². The number of benzene rings is 2. The third-order valence-electron chi connectivity index (χ3n) is 6.66. The van der Waals surface area contributed by atoms with Crippen molar-refractivity contribution in [2.75, 3.05) is 19.8 Å². The van der Waals surface area contributed by atoms with Gasteiger partial charge in [0.05, 0.1) is 12.5 Å². The predicted octanol–water partition coefficient (Wildman–Crippen LogP) is 2.50. The van der Waals surface area contributed by atoms with E-state index in [1.807, 2.05) is 36.4 Å². The largest absolute Gasteiger partial charge is 0.480 e. The number of ether oxygens (including phenoxy) is 1. The third-order valence-corrected chi connectivity index (χ3v) is 6.66. The highest BCUT2D eigenvalue weighted by molar-refractivity contribution is 5.86. The summed E-state index contributed by atoms with van der Waals surface area (Å²) in [6.07, 6.45) is 2.04. The number of fused-ring (bicyclic) bond motifs is 3. The standard InChI is InChI=1S/C25H28N2O6/c28-13-22(24(30)31)27-23(29)20(15-6-5-7-15)12-26-25(32)33-14-21-18-10-3-1-8-16(18)17-9-2-4-11-19(17)21/h1-4,8-11,15,20-22,28H,5-7,12-14H2,(H,26,32)(H,27,29)(H,30,31). The number of carbonyl (C=O) groups is 3. The molecular weight excluding hydrogens is 424 g/mol. The average Bonchev–Trinajstić information content (AvgIpc) is 3.10. The van der Waals surface area contributed by atoms with E-state index >= 15 is 0 Å². The zero-order chi connectivity index (χ0) is 23.4. The molecule has 4 N–H and O–H groups in total. The van der Waals surface area contributed by atoms with Gasteiger partial charge < -0.3 is 25.6 Å². The lowest BCUT2D eigenvalue weighted by Gasteiger charge is -2.33. The van der Waals surface area contributed by atoms with Gasteiger partial charge in [-0.05, 0) is 41.0 Å². The quantitative estimate of drug-likeness (QED) is 0.463. The Bertz CT molecular complexity index is 990. The molecule has 2 aromatic carbocycles. The lowest BCUT2D eigenvalue weighted by molar-refractivity contribution is -0.144. The van der Waals surface area contributed by atoms with Crippen molar-refractivity contribution >= 4 is 18.0 Å². The molecule has 2 aromatic rings. The Labute approximate surface area is 192 Å². The Kier molecular flexibility index (Phi) is 6.93. The predicted molar refractivity (Wildman–Crippen MR) is 121 cm³/mol. The van der Waals surface area contributed by atoms with E-state index in [1.165, 1.54) is 0 Å². The molecular formula is C25H28N2O6. The highest BCUT2D eigenvalue weighted by Gasteiger charge is 2.35. The molecule has 174 valence electrons. The summed E-state index contributed by atoms with van der Waals surface area (Å²) in [5.41, 5.74) is 4.50. The van der Waals surface area contributed by atoms with E-state index in [4.69, 9.17) is 9.84 Å². The second kappa shape index (κ2) is 10.0. The summed E-state index contributed by atoms with van der Waals surface area (Å²) < 4.78 is 5.53. The minimum Gasteiger partial charge on any atom is -0.480 e. The van der Waals surface area contributed by atoms with Gasteiger partial charge in [0, 0.05) is 12.5 Å². The molecule has 2 atom stereocenters. The summed E-state index contributed by atoms with van der Waals surface area (Å²) in [7, 11) is 0. The first-order chi connectivity index (χ1) is 16.0. The molecule has 0 aromatic heterocycles. The first-order valence-electron chi connectivity index (χ1n) is 11.2. The molecule has 1 fully saturated rings. The number of carbonyl (C=O) groups excluding carboxylic acids is 2. The molecule has 1 saturated carbocycles. The fourth-order valence-corrected chi connectivity index (χ4v) is 4.62. The first-order valence-corrected chi connectivity index (χ1v) is 11.2. The molecule has 2 aliphatic rings. The second-order valence-electron chi connectivity index (χ2n) is 8.59. The maximum Gasteiger partial charge on any atom is 0.407 e. The summed E-state index contributed by atoms with van der Waals surface area (Å²) in [5, 5.41) is 23.3. The third kappa shape index (κ3) is 4.85. The normalized spacial score (nSPS) is 16.6. The van der Waals surface area contributed by atoms with E-state index in [2.05, 4.69) is 22.8 Å². The number of carboxylic acid groups (broad SMARTS) is 1. The Morgan fingerprint density at radius 1 is 1.00 bits per heavy atom. The number of nitrogens with one attached hydrogen (secondary N) is 2. The number of hydrogen-bond acceptors (Lipinski definition) is 5. The molecule has 0 heterocycles. The van der Waals surface area contributed by atoms with Gasteiger partial charge in [-0.1, -0.05) is 55.0 Å². The molecule has 0 radical (unpaired) electrons. The number of aliphatic carboxylic acids is 1. The van der Waals surface area contributed by atoms with Crippen molar-refractivity contribution < 1.29 is 29.3 Å². The second-order valence-corrected chi connectivity index (χ2v) is 8.59. The van der Waals surface area contributed by atoms with E-state index in [0.717, 1.165) is 41.5 Å². The maximum atomic E-state index is 12.6. The van der Waals surface area contributed by atoms with Crippen LogP contribution in [0.15, 0.2) is 48.5 Å². The monoisotopic (exact) mass is 452 g/mol. The molecule has 8 nitrogen and oxygen atoms in total. The van der Waals surface area contributed by atoms with Crippen LogP contribution in [-0.2, 0) is 14.3 Å². The Balaban J connectivity index is 1.35. The van der Waals surface area contributed by atoms with Crippen LogP contribution in [0.25, 0.3) is 11.1 Å². The van der Waals surface area contributed by atoms with Crippen LogP contribution in [0.3, 0.4) is 0 Å². The minimum atomic E-state index is -1.37. The van der Waals surface area contributed by atoms with Crippen molar-refractivity contribution in [2.45, 2.75) is 31.2 Å². The Morgan fingerprint density at radius 2 is 1.61 bits per heavy atom. The van der Waals surface area contributed by atoms with Crippen molar-refractivity contribution in [3.05, 3.63) is 59.7 Å². The zero-order valence-electron chi connectivity index (χ0n) is 18.2. The number of rotatable bonds is 9. The summed E-state index contributed by atoms with van der Waals surface area (Å²) in [6.45, 7) is -0.477. The summed E-state index contributed by atoms with van der Waals surface area (Å²) in [4.78, 5) is 36.2. The van der Waals surface area contributed by atoms with Crippen molar-refractivity contribution in [1.82, 2.24) is 10.6 Å². The van der Waals surface area contributed by atoms with Gasteiger partial charge in [-0.25, -0.2) is 9.59 Å². The van der Waals surface area contributed by atoms with E-state index in [-0.39, 0.29) is 25.0 Å². The molecule has 0 saturated heterocycles. The average molecular weight is 453 g/mol. The van der Waals surface area contributed by atoms with Gasteiger partial charge in [0.2, 0.25) is 5.91 Å². The first kappa shape index (κ1) is 22.8. The number of carboxylic acids is 1. The number of amides is 2. The minimum absolute atomic E-state index is 0.0466. The Morgan fingerprint density at radius 3 is 2.12 bits per heavy atom. The number of hydrogen-bond donors (Lipinski definition) is 4. The lowest BCUT2D eigenvalue weighted by atomic mass is 9.75. The van der Waals surface area contributed by atoms with E-state index in [9.17, 15) is 19.5 Å². The summed E-state index contributed by atoms with van der Waals surface area (Å²) in [6, 6.07) is 14.8. The van der Waals surface area contributed by atoms with Crippen LogP contribution in [0.1, 0.15) is 36.3 Å². The van der Waals surface area contributed by atoms with Gasteiger partial charge in [-0.2, -0.15) is 0 Å². The van der Waals surface area contributed by atoms with Crippen molar-refractivity contribution in [2.24, 2.45) is 11.8 Å². The van der Waals surface area contributed by atoms with Crippen LogP contribution in [-0.4, -0.2) is 54.0 Å². The molecule has 0 spiro atoms. The molecule has 2 amide bonds. The molecule has 33 heavy (non-hydrogen) atoms. The maximum absolute atomic E-state index is 12.6. The number of aliphatic hydroxyl groups is 1. The lowest BCUT2D eigenvalue weighted by Crippen LogP contribution is -2.50. The summed E-state index contributed by atoms with van der Waals surface area (Å²) >= 11 is 0. The number of aliphatic hydroxyl groups excluding tert-OH is 1. The van der Waals surface area contributed by atoms with Crippen molar-refractivity contribution in [1.29, 1.82) is 0 Å². The van der Waals surface area contributed by atoms with Crippen LogP contribution in [0.5, 0.6) is 0 Å². The topological polar surface area (TPSA) is 125 Å². The number of alkyl carbamates (subject to hydrolysis) is 1. The van der Waals surface area contributed by atoms with E-state index in [1.54, 1.807) is 0 Å². The summed E-state index contributed by atoms with van der Waals surface area (Å²) in [5.74, 6) is -2.36. The van der Waals surface area contributed by atoms with Crippen LogP contribution < -0.4 is 10.6 Å². The smallest absolute Gasteiger partial charge is 0.407 e. The van der Waals surface area contributed by atoms with Crippen LogP contribution in [0.2, 0.25) is 0 Å².